The molecule has 0 aliphatic heterocycles. The van der Waals surface area contributed by atoms with E-state index < -0.39 is 26.1 Å². The fourth-order valence-corrected chi connectivity index (χ4v) is 3.95. The number of carbonyl (C=O) groups is 1. The van der Waals surface area contributed by atoms with Crippen LogP contribution in [0, 0.1) is 0 Å². The van der Waals surface area contributed by atoms with Crippen molar-refractivity contribution < 1.29 is 31.1 Å². The lowest BCUT2D eigenvalue weighted by Crippen LogP contribution is -2.23. The van der Waals surface area contributed by atoms with Crippen LogP contribution in [0.1, 0.15) is 9.67 Å². The molecule has 0 aliphatic rings. The molecule has 0 bridgehead atoms. The molecular weight excluding hydrogens is 435 g/mol. The van der Waals surface area contributed by atoms with Gasteiger partial charge in [0, 0.05) is 4.47 Å². The number of methoxy groups -OCH3 is 1. The number of sulfone groups is 1. The summed E-state index contributed by atoms with van der Waals surface area (Å²) in [7, 11) is -4.30. The highest BCUT2D eigenvalue weighted by atomic mass is 79.9. The molecule has 1 aromatic carbocycles. The number of hydrogen-bond donors (Lipinski definition) is 1. The van der Waals surface area contributed by atoms with Crippen molar-refractivity contribution >= 4 is 48.7 Å². The van der Waals surface area contributed by atoms with Gasteiger partial charge in [0.05, 0.1) is 17.7 Å². The Hall–Kier alpha value is -1.59. The van der Waals surface area contributed by atoms with E-state index in [-0.39, 0.29) is 16.3 Å². The minimum atomic E-state index is -5.54. The molecule has 0 radical (unpaired) electrons. The van der Waals surface area contributed by atoms with Crippen molar-refractivity contribution in [3.05, 3.63) is 39.0 Å². The van der Waals surface area contributed by atoms with Crippen LogP contribution < -0.4 is 10.1 Å². The Morgan fingerprint density at radius 3 is 2.46 bits per heavy atom. The van der Waals surface area contributed by atoms with Crippen LogP contribution in [-0.2, 0) is 9.84 Å². The molecule has 5 nitrogen and oxygen atoms in total. The average molecular weight is 444 g/mol. The van der Waals surface area contributed by atoms with Crippen LogP contribution in [0.15, 0.2) is 39.0 Å². The molecule has 130 valence electrons. The summed E-state index contributed by atoms with van der Waals surface area (Å²) in [5.41, 5.74) is -5.63. The predicted octanol–water partition coefficient (Wildman–Crippen LogP) is 4.07. The molecule has 11 heteroatoms. The molecule has 0 aliphatic carbocycles. The summed E-state index contributed by atoms with van der Waals surface area (Å²) in [4.78, 5) is 11.5. The zero-order chi connectivity index (χ0) is 18.1. The third kappa shape index (κ3) is 3.57. The van der Waals surface area contributed by atoms with Gasteiger partial charge in [0.25, 0.3) is 15.7 Å². The Bertz CT molecular complexity index is 878. The van der Waals surface area contributed by atoms with Crippen LogP contribution in [-0.4, -0.2) is 26.9 Å². The number of nitrogens with one attached hydrogen (secondary N) is 1. The standard InChI is InChI=1S/C13H9BrF3NO4S2/c1-22-10-3-2-7(24(20,21)13(15,16)17)6-9(10)18-12(19)11-8(14)4-5-23-11/h2-6H,1H3,(H,18,19). The topological polar surface area (TPSA) is 72.5 Å². The number of anilines is 1. The fraction of sp³-hybridized carbons (Fsp3) is 0.154. The van der Waals surface area contributed by atoms with E-state index in [0.29, 0.717) is 10.5 Å². The lowest BCUT2D eigenvalue weighted by Gasteiger charge is -2.13. The van der Waals surface area contributed by atoms with Crippen LogP contribution in [0.3, 0.4) is 0 Å². The van der Waals surface area contributed by atoms with Crippen molar-refractivity contribution in [1.82, 2.24) is 0 Å². The van der Waals surface area contributed by atoms with Crippen molar-refractivity contribution in [2.45, 2.75) is 10.4 Å². The second-order valence-corrected chi connectivity index (χ2v) is 8.07. The molecule has 0 saturated carbocycles. The smallest absolute Gasteiger partial charge is 0.495 e. The maximum Gasteiger partial charge on any atom is 0.501 e. The Morgan fingerprint density at radius 2 is 1.96 bits per heavy atom. The first-order valence-corrected chi connectivity index (χ1v) is 9.27. The Kier molecular flexibility index (Phi) is 5.25. The third-order valence-corrected chi connectivity index (χ3v) is 6.18. The maximum atomic E-state index is 12.7. The number of carbonyl (C=O) groups excluding carboxylic acids is 1. The van der Waals surface area contributed by atoms with E-state index in [0.717, 1.165) is 23.5 Å². The monoisotopic (exact) mass is 443 g/mol. The Morgan fingerprint density at radius 1 is 1.29 bits per heavy atom. The lowest BCUT2D eigenvalue weighted by atomic mass is 10.3. The summed E-state index contributed by atoms with van der Waals surface area (Å²) in [6.45, 7) is 0. The van der Waals surface area contributed by atoms with Gasteiger partial charge in [-0.05, 0) is 45.6 Å². The van der Waals surface area contributed by atoms with Crippen molar-refractivity contribution in [1.29, 1.82) is 0 Å². The molecule has 24 heavy (non-hydrogen) atoms. The summed E-state index contributed by atoms with van der Waals surface area (Å²) in [6.07, 6.45) is 0. The number of halogens is 4. The molecule has 0 spiro atoms. The zero-order valence-corrected chi connectivity index (χ0v) is 15.1. The molecule has 0 atom stereocenters. The predicted molar refractivity (Wildman–Crippen MR) is 86.2 cm³/mol. The minimum absolute atomic E-state index is 0.0251. The molecule has 2 aromatic rings. The molecule has 1 amide bonds. The SMILES string of the molecule is COc1ccc(S(=O)(=O)C(F)(F)F)cc1NC(=O)c1sccc1Br. The summed E-state index contributed by atoms with van der Waals surface area (Å²) < 4.78 is 66.4. The molecule has 1 heterocycles. The quantitative estimate of drug-likeness (QED) is 0.772. The Balaban J connectivity index is 2.44. The van der Waals surface area contributed by atoms with Gasteiger partial charge in [0.2, 0.25) is 0 Å². The van der Waals surface area contributed by atoms with E-state index in [4.69, 9.17) is 4.74 Å². The minimum Gasteiger partial charge on any atom is -0.495 e. The van der Waals surface area contributed by atoms with Crippen LogP contribution in [0.2, 0.25) is 0 Å². The average Bonchev–Trinajstić information content (AvgIpc) is 2.92. The zero-order valence-electron chi connectivity index (χ0n) is 11.8. The number of amides is 1. The maximum absolute atomic E-state index is 12.7. The number of rotatable bonds is 4. The van der Waals surface area contributed by atoms with Crippen LogP contribution in [0.25, 0.3) is 0 Å². The summed E-state index contributed by atoms with van der Waals surface area (Å²) in [5.74, 6) is -0.589. The molecule has 0 saturated heterocycles. The third-order valence-electron chi connectivity index (χ3n) is 2.86. The van der Waals surface area contributed by atoms with Crippen LogP contribution in [0.5, 0.6) is 5.75 Å². The first-order valence-electron chi connectivity index (χ1n) is 6.11. The molecule has 1 N–H and O–H groups in total. The summed E-state index contributed by atoms with van der Waals surface area (Å²) >= 11 is 4.27. The van der Waals surface area contributed by atoms with E-state index >= 15 is 0 Å². The van der Waals surface area contributed by atoms with Gasteiger partial charge in [0.1, 0.15) is 10.6 Å². The number of thiophene rings is 1. The van der Waals surface area contributed by atoms with Gasteiger partial charge < -0.3 is 10.1 Å². The number of benzene rings is 1. The van der Waals surface area contributed by atoms with Gasteiger partial charge >= 0.3 is 5.51 Å². The van der Waals surface area contributed by atoms with Gasteiger partial charge in [-0.25, -0.2) is 8.42 Å². The van der Waals surface area contributed by atoms with Crippen molar-refractivity contribution in [3.8, 4) is 5.75 Å². The van der Waals surface area contributed by atoms with Gasteiger partial charge in [0.15, 0.2) is 0 Å². The second kappa shape index (κ2) is 6.73. The number of alkyl halides is 3. The van der Waals surface area contributed by atoms with Crippen molar-refractivity contribution in [3.63, 3.8) is 0 Å². The second-order valence-electron chi connectivity index (χ2n) is 4.36. The fourth-order valence-electron chi connectivity index (χ4n) is 1.72. The molecule has 0 fully saturated rings. The van der Waals surface area contributed by atoms with Crippen LogP contribution in [0.4, 0.5) is 18.9 Å². The molecule has 1 aromatic heterocycles. The number of ether oxygens (including phenoxy) is 1. The van der Waals surface area contributed by atoms with E-state index in [1.54, 1.807) is 11.4 Å². The number of hydrogen-bond acceptors (Lipinski definition) is 5. The van der Waals surface area contributed by atoms with Crippen LogP contribution >= 0.6 is 27.3 Å². The van der Waals surface area contributed by atoms with Gasteiger partial charge in [-0.2, -0.15) is 13.2 Å². The summed E-state index contributed by atoms with van der Waals surface area (Å²) in [6, 6.07) is 4.14. The summed E-state index contributed by atoms with van der Waals surface area (Å²) in [5, 5.41) is 3.99. The highest BCUT2D eigenvalue weighted by molar-refractivity contribution is 9.10. The van der Waals surface area contributed by atoms with Crippen molar-refractivity contribution in [2.24, 2.45) is 0 Å². The van der Waals surface area contributed by atoms with Gasteiger partial charge in [-0.3, -0.25) is 4.79 Å². The first-order chi connectivity index (χ1) is 11.1. The highest BCUT2D eigenvalue weighted by Crippen LogP contribution is 2.35. The lowest BCUT2D eigenvalue weighted by molar-refractivity contribution is -0.0436. The normalized spacial score (nSPS) is 12.0. The van der Waals surface area contributed by atoms with Crippen molar-refractivity contribution in [2.75, 3.05) is 12.4 Å². The van der Waals surface area contributed by atoms with E-state index in [9.17, 15) is 26.4 Å². The first kappa shape index (κ1) is 18.7. The van der Waals surface area contributed by atoms with Gasteiger partial charge in [-0.1, -0.05) is 0 Å². The molecular formula is C13H9BrF3NO4S2. The molecule has 2 rings (SSSR count). The highest BCUT2D eigenvalue weighted by Gasteiger charge is 2.47. The van der Waals surface area contributed by atoms with E-state index in [2.05, 4.69) is 21.2 Å². The Labute approximate surface area is 147 Å². The van der Waals surface area contributed by atoms with Gasteiger partial charge in [-0.15, -0.1) is 11.3 Å². The van der Waals surface area contributed by atoms with E-state index in [1.807, 2.05) is 0 Å². The van der Waals surface area contributed by atoms with E-state index in [1.165, 1.54) is 7.11 Å². The largest absolute Gasteiger partial charge is 0.501 e. The molecule has 0 unspecified atom stereocenters.